The van der Waals surface area contributed by atoms with E-state index in [2.05, 4.69) is 31.0 Å². The molecule has 2 fully saturated rings. The van der Waals surface area contributed by atoms with Gasteiger partial charge in [-0.05, 0) is 57.5 Å². The molecule has 3 heteroatoms. The summed E-state index contributed by atoms with van der Waals surface area (Å²) >= 11 is 0. The average molecular weight is 296 g/mol. The van der Waals surface area contributed by atoms with Crippen molar-refractivity contribution >= 4 is 0 Å². The van der Waals surface area contributed by atoms with Crippen molar-refractivity contribution in [2.24, 2.45) is 5.92 Å². The molecule has 2 rings (SSSR count). The van der Waals surface area contributed by atoms with E-state index in [1.807, 2.05) is 0 Å². The van der Waals surface area contributed by atoms with Crippen molar-refractivity contribution in [2.75, 3.05) is 19.7 Å². The largest absolute Gasteiger partial charge is 0.394 e. The minimum Gasteiger partial charge on any atom is -0.394 e. The Morgan fingerprint density at radius 3 is 2.71 bits per heavy atom. The number of aliphatic hydroxyl groups is 1. The second-order valence-corrected chi connectivity index (χ2v) is 7.76. The van der Waals surface area contributed by atoms with Gasteiger partial charge in [-0.15, -0.1) is 0 Å². The van der Waals surface area contributed by atoms with Gasteiger partial charge < -0.3 is 15.3 Å². The van der Waals surface area contributed by atoms with Crippen molar-refractivity contribution in [3.8, 4) is 0 Å². The van der Waals surface area contributed by atoms with Gasteiger partial charge >= 0.3 is 0 Å². The number of nitrogens with zero attached hydrogens (tertiary/aromatic N) is 1. The van der Waals surface area contributed by atoms with Crippen molar-refractivity contribution in [3.05, 3.63) is 0 Å². The third kappa shape index (κ3) is 4.67. The van der Waals surface area contributed by atoms with Crippen LogP contribution < -0.4 is 5.32 Å². The third-order valence-corrected chi connectivity index (χ3v) is 5.58. The predicted octanol–water partition coefficient (Wildman–Crippen LogP) is 3.17. The molecule has 21 heavy (non-hydrogen) atoms. The minimum absolute atomic E-state index is 0.0199. The van der Waals surface area contributed by atoms with Gasteiger partial charge in [0.1, 0.15) is 0 Å². The summed E-state index contributed by atoms with van der Waals surface area (Å²) < 4.78 is 0. The second kappa shape index (κ2) is 7.94. The Morgan fingerprint density at radius 2 is 2.05 bits per heavy atom. The monoisotopic (exact) mass is 296 g/mol. The Labute approximate surface area is 131 Å². The van der Waals surface area contributed by atoms with E-state index in [-0.39, 0.29) is 12.1 Å². The molecule has 1 saturated heterocycles. The van der Waals surface area contributed by atoms with Crippen LogP contribution in [0.2, 0.25) is 0 Å². The van der Waals surface area contributed by atoms with E-state index in [9.17, 15) is 5.11 Å². The lowest BCUT2D eigenvalue weighted by molar-refractivity contribution is 0.136. The molecule has 3 unspecified atom stereocenters. The molecule has 1 saturated carbocycles. The normalized spacial score (nSPS) is 35.3. The van der Waals surface area contributed by atoms with Crippen LogP contribution in [0.15, 0.2) is 0 Å². The van der Waals surface area contributed by atoms with Gasteiger partial charge in [-0.3, -0.25) is 0 Å². The summed E-state index contributed by atoms with van der Waals surface area (Å²) in [5.74, 6) is 0.956. The van der Waals surface area contributed by atoms with Gasteiger partial charge in [0.25, 0.3) is 0 Å². The van der Waals surface area contributed by atoms with Crippen LogP contribution in [0.1, 0.15) is 72.1 Å². The second-order valence-electron chi connectivity index (χ2n) is 7.76. The molecular formula is C18H36N2O. The van der Waals surface area contributed by atoms with Crippen molar-refractivity contribution in [1.82, 2.24) is 10.2 Å². The maximum atomic E-state index is 9.87. The van der Waals surface area contributed by atoms with Crippen LogP contribution in [0.25, 0.3) is 0 Å². The standard InChI is InChI=1S/C18H36N2O/c1-4-6-16-7-5-11-20(12-9-16)17-8-10-18(13-17,14-21)19-15(2)3/h15-17,19,21H,4-14H2,1-3H3. The number of hydrogen-bond acceptors (Lipinski definition) is 3. The fourth-order valence-electron chi connectivity index (χ4n) is 4.59. The Hall–Kier alpha value is -0.120. The van der Waals surface area contributed by atoms with E-state index in [1.54, 1.807) is 0 Å². The van der Waals surface area contributed by atoms with E-state index >= 15 is 0 Å². The molecule has 0 amide bonds. The molecule has 2 N–H and O–H groups in total. The molecule has 3 atom stereocenters. The van der Waals surface area contributed by atoms with Crippen LogP contribution in [0, 0.1) is 5.92 Å². The zero-order valence-electron chi connectivity index (χ0n) is 14.4. The van der Waals surface area contributed by atoms with Crippen molar-refractivity contribution in [2.45, 2.75) is 89.8 Å². The lowest BCUT2D eigenvalue weighted by Crippen LogP contribution is -2.51. The lowest BCUT2D eigenvalue weighted by atomic mass is 9.96. The molecule has 2 aliphatic rings. The first-order chi connectivity index (χ1) is 10.1. The number of hydrogen-bond donors (Lipinski definition) is 2. The SMILES string of the molecule is CCCC1CCCN(C2CCC(CO)(NC(C)C)C2)CC1. The summed E-state index contributed by atoms with van der Waals surface area (Å²) in [6, 6.07) is 1.14. The Balaban J connectivity index is 1.88. The number of nitrogens with one attached hydrogen (secondary N) is 1. The lowest BCUT2D eigenvalue weighted by Gasteiger charge is -2.33. The molecule has 3 nitrogen and oxygen atoms in total. The molecule has 1 aliphatic carbocycles. The van der Waals surface area contributed by atoms with Gasteiger partial charge in [0, 0.05) is 17.6 Å². The molecule has 0 radical (unpaired) electrons. The highest BCUT2D eigenvalue weighted by Crippen LogP contribution is 2.35. The predicted molar refractivity (Wildman–Crippen MR) is 89.5 cm³/mol. The molecule has 0 bridgehead atoms. The van der Waals surface area contributed by atoms with Gasteiger partial charge in [0.2, 0.25) is 0 Å². The van der Waals surface area contributed by atoms with E-state index < -0.39 is 0 Å². The Morgan fingerprint density at radius 1 is 1.24 bits per heavy atom. The quantitative estimate of drug-likeness (QED) is 0.790. The van der Waals surface area contributed by atoms with Crippen LogP contribution in [0.5, 0.6) is 0 Å². The molecule has 0 aromatic rings. The summed E-state index contributed by atoms with van der Waals surface area (Å²) in [4.78, 5) is 2.73. The summed E-state index contributed by atoms with van der Waals surface area (Å²) in [7, 11) is 0. The smallest absolute Gasteiger partial charge is 0.0614 e. The Kier molecular flexibility index (Phi) is 6.51. The van der Waals surface area contributed by atoms with Gasteiger partial charge in [0.15, 0.2) is 0 Å². The highest BCUT2D eigenvalue weighted by Gasteiger charge is 2.41. The van der Waals surface area contributed by atoms with E-state index in [1.165, 1.54) is 51.6 Å². The zero-order chi connectivity index (χ0) is 15.3. The average Bonchev–Trinajstić information content (AvgIpc) is 2.72. The van der Waals surface area contributed by atoms with E-state index in [4.69, 9.17) is 0 Å². The fraction of sp³-hybridized carbons (Fsp3) is 1.00. The minimum atomic E-state index is -0.0199. The van der Waals surface area contributed by atoms with Gasteiger partial charge in [-0.1, -0.05) is 33.6 Å². The Bertz CT molecular complexity index is 308. The molecule has 124 valence electrons. The van der Waals surface area contributed by atoms with Crippen LogP contribution in [0.3, 0.4) is 0 Å². The molecule has 0 aromatic heterocycles. The third-order valence-electron chi connectivity index (χ3n) is 5.58. The topological polar surface area (TPSA) is 35.5 Å². The van der Waals surface area contributed by atoms with Crippen molar-refractivity contribution < 1.29 is 5.11 Å². The summed E-state index contributed by atoms with van der Waals surface area (Å²) in [6.07, 6.45) is 10.4. The highest BCUT2D eigenvalue weighted by atomic mass is 16.3. The summed E-state index contributed by atoms with van der Waals surface area (Å²) in [5, 5.41) is 13.5. The molecule has 1 heterocycles. The van der Waals surface area contributed by atoms with E-state index in [0.717, 1.165) is 18.8 Å². The first-order valence-corrected chi connectivity index (χ1v) is 9.21. The number of aliphatic hydroxyl groups excluding tert-OH is 1. The van der Waals surface area contributed by atoms with Crippen LogP contribution in [-0.2, 0) is 0 Å². The first kappa shape index (κ1) is 17.2. The number of likely N-dealkylation sites (tertiary alicyclic amines) is 1. The van der Waals surface area contributed by atoms with Gasteiger partial charge in [-0.2, -0.15) is 0 Å². The number of rotatable bonds is 6. The van der Waals surface area contributed by atoms with Crippen LogP contribution in [0.4, 0.5) is 0 Å². The molecule has 1 aliphatic heterocycles. The molecular weight excluding hydrogens is 260 g/mol. The molecule has 0 aromatic carbocycles. The highest BCUT2D eigenvalue weighted by molar-refractivity contribution is 5.00. The van der Waals surface area contributed by atoms with Gasteiger partial charge in [-0.25, -0.2) is 0 Å². The fourth-order valence-corrected chi connectivity index (χ4v) is 4.59. The van der Waals surface area contributed by atoms with Crippen molar-refractivity contribution in [1.29, 1.82) is 0 Å². The molecule has 0 spiro atoms. The van der Waals surface area contributed by atoms with Crippen molar-refractivity contribution in [3.63, 3.8) is 0 Å². The zero-order valence-corrected chi connectivity index (χ0v) is 14.4. The first-order valence-electron chi connectivity index (χ1n) is 9.21. The van der Waals surface area contributed by atoms with Gasteiger partial charge in [0.05, 0.1) is 6.61 Å². The summed E-state index contributed by atoms with van der Waals surface area (Å²) in [5.41, 5.74) is -0.0199. The maximum absolute atomic E-state index is 9.87. The van der Waals surface area contributed by atoms with Crippen LogP contribution >= 0.6 is 0 Å². The van der Waals surface area contributed by atoms with E-state index in [0.29, 0.717) is 12.1 Å². The maximum Gasteiger partial charge on any atom is 0.0614 e. The van der Waals surface area contributed by atoms with Crippen LogP contribution in [-0.4, -0.2) is 47.3 Å². The summed E-state index contributed by atoms with van der Waals surface area (Å²) in [6.45, 7) is 9.52.